The molecular formula is C11H10FN3OS. The standard InChI is InChI=1S/C11H10FN3OS/c1-6-3-9(15-11(14-6)17-2)7-4-8(12)10(16)13-5-7/h3-5H,1-2H3,(H,13,16). The number of rotatable bonds is 2. The topological polar surface area (TPSA) is 58.6 Å². The van der Waals surface area contributed by atoms with Gasteiger partial charge in [-0.05, 0) is 25.3 Å². The Morgan fingerprint density at radius 2 is 2.12 bits per heavy atom. The van der Waals surface area contributed by atoms with Gasteiger partial charge in [-0.1, -0.05) is 11.8 Å². The van der Waals surface area contributed by atoms with Crippen LogP contribution >= 0.6 is 11.8 Å². The third-order valence-corrected chi connectivity index (χ3v) is 2.72. The van der Waals surface area contributed by atoms with Crippen molar-refractivity contribution in [2.24, 2.45) is 0 Å². The fraction of sp³-hybridized carbons (Fsp3) is 0.182. The summed E-state index contributed by atoms with van der Waals surface area (Å²) in [7, 11) is 0. The summed E-state index contributed by atoms with van der Waals surface area (Å²) in [6.07, 6.45) is 3.31. The normalized spacial score (nSPS) is 10.5. The number of aryl methyl sites for hydroxylation is 1. The Morgan fingerprint density at radius 1 is 1.35 bits per heavy atom. The van der Waals surface area contributed by atoms with Crippen LogP contribution in [0.25, 0.3) is 11.3 Å². The molecule has 17 heavy (non-hydrogen) atoms. The molecule has 0 saturated heterocycles. The Morgan fingerprint density at radius 3 is 2.76 bits per heavy atom. The number of aromatic nitrogens is 3. The fourth-order valence-electron chi connectivity index (χ4n) is 1.38. The Balaban J connectivity index is 2.55. The molecule has 4 nitrogen and oxygen atoms in total. The van der Waals surface area contributed by atoms with Crippen LogP contribution in [-0.2, 0) is 0 Å². The minimum Gasteiger partial charge on any atom is -0.326 e. The van der Waals surface area contributed by atoms with Gasteiger partial charge in [0.1, 0.15) is 0 Å². The number of pyridine rings is 1. The van der Waals surface area contributed by atoms with E-state index in [1.165, 1.54) is 24.0 Å². The molecule has 2 heterocycles. The highest BCUT2D eigenvalue weighted by molar-refractivity contribution is 7.98. The molecule has 0 aliphatic rings. The van der Waals surface area contributed by atoms with E-state index >= 15 is 0 Å². The average Bonchev–Trinajstić information content (AvgIpc) is 2.32. The first kappa shape index (κ1) is 11.8. The third kappa shape index (κ3) is 2.52. The number of hydrogen-bond donors (Lipinski definition) is 1. The van der Waals surface area contributed by atoms with Crippen molar-refractivity contribution in [1.29, 1.82) is 0 Å². The second-order valence-electron chi connectivity index (χ2n) is 3.45. The van der Waals surface area contributed by atoms with Crippen LogP contribution in [0.3, 0.4) is 0 Å². The largest absolute Gasteiger partial charge is 0.326 e. The molecule has 0 spiro atoms. The maximum Gasteiger partial charge on any atom is 0.283 e. The summed E-state index contributed by atoms with van der Waals surface area (Å²) in [5.74, 6) is -0.815. The number of nitrogens with zero attached hydrogens (tertiary/aromatic N) is 2. The molecule has 6 heteroatoms. The van der Waals surface area contributed by atoms with Crippen LogP contribution in [0.4, 0.5) is 4.39 Å². The van der Waals surface area contributed by atoms with Crippen molar-refractivity contribution in [2.75, 3.05) is 6.26 Å². The molecule has 0 atom stereocenters. The van der Waals surface area contributed by atoms with Crippen molar-refractivity contribution in [3.63, 3.8) is 0 Å². The monoisotopic (exact) mass is 251 g/mol. The van der Waals surface area contributed by atoms with Crippen LogP contribution in [0.15, 0.2) is 28.3 Å². The van der Waals surface area contributed by atoms with Gasteiger partial charge in [0.05, 0.1) is 5.69 Å². The molecule has 2 rings (SSSR count). The summed E-state index contributed by atoms with van der Waals surface area (Å²) in [5.41, 5.74) is 1.19. The molecule has 88 valence electrons. The van der Waals surface area contributed by atoms with E-state index in [0.717, 1.165) is 5.69 Å². The zero-order valence-electron chi connectivity index (χ0n) is 9.32. The number of thioether (sulfide) groups is 1. The van der Waals surface area contributed by atoms with Gasteiger partial charge in [0.25, 0.3) is 5.56 Å². The third-order valence-electron chi connectivity index (χ3n) is 2.17. The molecular weight excluding hydrogens is 241 g/mol. The molecule has 0 aliphatic carbocycles. The first-order valence-electron chi connectivity index (χ1n) is 4.88. The van der Waals surface area contributed by atoms with E-state index in [-0.39, 0.29) is 0 Å². The molecule has 1 N–H and O–H groups in total. The van der Waals surface area contributed by atoms with Crippen LogP contribution in [0.5, 0.6) is 0 Å². The van der Waals surface area contributed by atoms with Crippen LogP contribution in [0.2, 0.25) is 0 Å². The summed E-state index contributed by atoms with van der Waals surface area (Å²) in [4.78, 5) is 21.7. The highest BCUT2D eigenvalue weighted by atomic mass is 32.2. The zero-order valence-corrected chi connectivity index (χ0v) is 10.1. The molecule has 0 amide bonds. The number of halogens is 1. The van der Waals surface area contributed by atoms with Gasteiger partial charge >= 0.3 is 0 Å². The highest BCUT2D eigenvalue weighted by Gasteiger charge is 2.07. The van der Waals surface area contributed by atoms with E-state index in [0.29, 0.717) is 16.4 Å². The lowest BCUT2D eigenvalue weighted by Gasteiger charge is -2.04. The minimum atomic E-state index is -0.815. The molecule has 0 fully saturated rings. The minimum absolute atomic E-state index is 0.530. The van der Waals surface area contributed by atoms with Gasteiger partial charge in [-0.2, -0.15) is 0 Å². The maximum atomic E-state index is 13.2. The first-order chi connectivity index (χ1) is 8.10. The van der Waals surface area contributed by atoms with E-state index in [4.69, 9.17) is 0 Å². The van der Waals surface area contributed by atoms with Gasteiger partial charge in [-0.3, -0.25) is 4.79 Å². The first-order valence-corrected chi connectivity index (χ1v) is 6.11. The number of hydrogen-bond acceptors (Lipinski definition) is 4. The van der Waals surface area contributed by atoms with E-state index in [1.807, 2.05) is 13.2 Å². The van der Waals surface area contributed by atoms with E-state index in [1.54, 1.807) is 6.07 Å². The average molecular weight is 251 g/mol. The lowest BCUT2D eigenvalue weighted by Crippen LogP contribution is -2.09. The van der Waals surface area contributed by atoms with Crippen molar-refractivity contribution in [3.05, 3.63) is 40.2 Å². The van der Waals surface area contributed by atoms with Crippen molar-refractivity contribution in [2.45, 2.75) is 12.1 Å². The van der Waals surface area contributed by atoms with Gasteiger partial charge in [0, 0.05) is 17.5 Å². The predicted octanol–water partition coefficient (Wildman–Crippen LogP) is 2.00. The quantitative estimate of drug-likeness (QED) is 0.655. The van der Waals surface area contributed by atoms with Gasteiger partial charge < -0.3 is 4.98 Å². The van der Waals surface area contributed by atoms with Gasteiger partial charge in [0.2, 0.25) is 0 Å². The lowest BCUT2D eigenvalue weighted by molar-refractivity contribution is 0.609. The van der Waals surface area contributed by atoms with E-state index in [2.05, 4.69) is 15.0 Å². The molecule has 0 unspecified atom stereocenters. The molecule has 0 radical (unpaired) electrons. The molecule has 0 saturated carbocycles. The van der Waals surface area contributed by atoms with Crippen molar-refractivity contribution in [1.82, 2.24) is 15.0 Å². The Labute approximate surface area is 101 Å². The zero-order chi connectivity index (χ0) is 12.4. The fourth-order valence-corrected chi connectivity index (χ4v) is 1.81. The Hall–Kier alpha value is -1.69. The van der Waals surface area contributed by atoms with Crippen molar-refractivity contribution >= 4 is 11.8 Å². The maximum absolute atomic E-state index is 13.2. The summed E-state index contributed by atoms with van der Waals surface area (Å²) in [5, 5.41) is 0.617. The van der Waals surface area contributed by atoms with Gasteiger partial charge in [-0.15, -0.1) is 0 Å². The van der Waals surface area contributed by atoms with E-state index < -0.39 is 11.4 Å². The Bertz CT molecular complexity index is 612. The Kier molecular flexibility index (Phi) is 3.23. The molecule has 2 aromatic rings. The van der Waals surface area contributed by atoms with Gasteiger partial charge in [0.15, 0.2) is 11.0 Å². The molecule has 0 aromatic carbocycles. The predicted molar refractivity (Wildman–Crippen MR) is 64.6 cm³/mol. The van der Waals surface area contributed by atoms with Gasteiger partial charge in [-0.25, -0.2) is 14.4 Å². The lowest BCUT2D eigenvalue weighted by atomic mass is 10.2. The number of nitrogens with one attached hydrogen (secondary N) is 1. The van der Waals surface area contributed by atoms with Crippen LogP contribution in [-0.4, -0.2) is 21.2 Å². The SMILES string of the molecule is CSc1nc(C)cc(-c2c[nH]c(=O)c(F)c2)n1. The molecule has 0 aliphatic heterocycles. The molecule has 2 aromatic heterocycles. The smallest absolute Gasteiger partial charge is 0.283 e. The summed E-state index contributed by atoms with van der Waals surface area (Å²) in [6, 6.07) is 2.91. The number of aromatic amines is 1. The van der Waals surface area contributed by atoms with Crippen molar-refractivity contribution in [3.8, 4) is 11.3 Å². The van der Waals surface area contributed by atoms with Crippen LogP contribution in [0, 0.1) is 12.7 Å². The van der Waals surface area contributed by atoms with E-state index in [9.17, 15) is 9.18 Å². The number of H-pyrrole nitrogens is 1. The van der Waals surface area contributed by atoms with Crippen LogP contribution < -0.4 is 5.56 Å². The van der Waals surface area contributed by atoms with Crippen LogP contribution in [0.1, 0.15) is 5.69 Å². The summed E-state index contributed by atoms with van der Waals surface area (Å²) >= 11 is 1.41. The second-order valence-corrected chi connectivity index (χ2v) is 4.22. The second kappa shape index (κ2) is 4.67. The molecule has 0 bridgehead atoms. The summed E-state index contributed by atoms with van der Waals surface area (Å²) < 4.78 is 13.2. The highest BCUT2D eigenvalue weighted by Crippen LogP contribution is 2.19. The van der Waals surface area contributed by atoms with Crippen molar-refractivity contribution < 1.29 is 4.39 Å². The summed E-state index contributed by atoms with van der Waals surface area (Å²) in [6.45, 7) is 1.84.